The van der Waals surface area contributed by atoms with Gasteiger partial charge in [-0.25, -0.2) is 5.48 Å². The summed E-state index contributed by atoms with van der Waals surface area (Å²) in [6.07, 6.45) is -0.632. The molecule has 2 aromatic rings. The van der Waals surface area contributed by atoms with Gasteiger partial charge in [0.2, 0.25) is 0 Å². The fourth-order valence-electron chi connectivity index (χ4n) is 1.95. The molecule has 0 radical (unpaired) electrons. The summed E-state index contributed by atoms with van der Waals surface area (Å²) in [6.45, 7) is 4.88. The van der Waals surface area contributed by atoms with Gasteiger partial charge in [-0.05, 0) is 11.5 Å². The van der Waals surface area contributed by atoms with Gasteiger partial charge >= 0.3 is 0 Å². The van der Waals surface area contributed by atoms with Crippen molar-refractivity contribution >= 4 is 5.78 Å². The molecular formula is C18H21NO2. The predicted molar refractivity (Wildman–Crippen MR) is 83.9 cm³/mol. The van der Waals surface area contributed by atoms with Crippen LogP contribution in [0, 0.1) is 5.92 Å². The normalized spacial score (nSPS) is 12.3. The summed E-state index contributed by atoms with van der Waals surface area (Å²) in [7, 11) is 0. The van der Waals surface area contributed by atoms with Crippen molar-refractivity contribution in [2.75, 3.05) is 6.54 Å². The molecule has 1 unspecified atom stereocenters. The number of hydrogen-bond donors (Lipinski definition) is 1. The number of hydrogen-bond acceptors (Lipinski definition) is 3. The molecule has 0 amide bonds. The number of benzene rings is 2. The third kappa shape index (κ3) is 4.52. The lowest BCUT2D eigenvalue weighted by Crippen LogP contribution is -2.27. The van der Waals surface area contributed by atoms with Crippen LogP contribution in [0.4, 0.5) is 0 Å². The Kier molecular flexibility index (Phi) is 5.67. The van der Waals surface area contributed by atoms with E-state index in [2.05, 4.69) is 19.3 Å². The standard InChI is InChI=1S/C18H21NO2/c1-14(2)13-19-21-18(16-11-7-4-8-12-16)17(20)15-9-5-3-6-10-15/h3-12,14,18-19H,13H2,1-2H3. The zero-order chi connectivity index (χ0) is 15.1. The first-order valence-electron chi connectivity index (χ1n) is 7.21. The molecule has 0 aliphatic heterocycles. The molecule has 21 heavy (non-hydrogen) atoms. The summed E-state index contributed by atoms with van der Waals surface area (Å²) in [6, 6.07) is 18.8. The van der Waals surface area contributed by atoms with Crippen molar-refractivity contribution in [3.05, 3.63) is 71.8 Å². The molecule has 2 rings (SSSR count). The number of Topliss-reactive ketones (excluding diaryl/α,β-unsaturated/α-hetero) is 1. The Hall–Kier alpha value is -1.97. The number of ketones is 1. The number of rotatable bonds is 7. The van der Waals surface area contributed by atoms with Crippen LogP contribution < -0.4 is 5.48 Å². The minimum atomic E-state index is -0.632. The van der Waals surface area contributed by atoms with Crippen LogP contribution in [0.1, 0.15) is 35.9 Å². The highest BCUT2D eigenvalue weighted by molar-refractivity contribution is 6.00. The molecule has 1 atom stereocenters. The number of nitrogens with one attached hydrogen (secondary N) is 1. The van der Waals surface area contributed by atoms with Crippen molar-refractivity contribution in [3.63, 3.8) is 0 Å². The Morgan fingerprint density at radius 1 is 1.00 bits per heavy atom. The molecule has 0 saturated heterocycles. The molecule has 0 aromatic heterocycles. The first-order valence-corrected chi connectivity index (χ1v) is 7.21. The van der Waals surface area contributed by atoms with Gasteiger partial charge in [-0.1, -0.05) is 74.5 Å². The average Bonchev–Trinajstić information content (AvgIpc) is 2.52. The maximum absolute atomic E-state index is 12.7. The van der Waals surface area contributed by atoms with E-state index >= 15 is 0 Å². The molecule has 0 aliphatic carbocycles. The van der Waals surface area contributed by atoms with Gasteiger partial charge in [-0.15, -0.1) is 0 Å². The van der Waals surface area contributed by atoms with Crippen LogP contribution in [-0.4, -0.2) is 12.3 Å². The molecule has 0 spiro atoms. The van der Waals surface area contributed by atoms with Crippen molar-refractivity contribution in [2.24, 2.45) is 5.92 Å². The highest BCUT2D eigenvalue weighted by Gasteiger charge is 2.23. The Morgan fingerprint density at radius 3 is 2.14 bits per heavy atom. The van der Waals surface area contributed by atoms with E-state index in [1.807, 2.05) is 60.7 Å². The van der Waals surface area contributed by atoms with Gasteiger partial charge in [-0.2, -0.15) is 0 Å². The van der Waals surface area contributed by atoms with Crippen molar-refractivity contribution in [1.29, 1.82) is 0 Å². The molecule has 0 bridgehead atoms. The van der Waals surface area contributed by atoms with Crippen LogP contribution in [-0.2, 0) is 4.84 Å². The fourth-order valence-corrected chi connectivity index (χ4v) is 1.95. The molecule has 0 saturated carbocycles. The molecular weight excluding hydrogens is 262 g/mol. The van der Waals surface area contributed by atoms with Gasteiger partial charge < -0.3 is 0 Å². The molecule has 3 heteroatoms. The van der Waals surface area contributed by atoms with Gasteiger partial charge in [-0.3, -0.25) is 9.63 Å². The van der Waals surface area contributed by atoms with E-state index < -0.39 is 6.10 Å². The molecule has 2 aromatic carbocycles. The lowest BCUT2D eigenvalue weighted by atomic mass is 10.00. The fraction of sp³-hybridized carbons (Fsp3) is 0.278. The van der Waals surface area contributed by atoms with Crippen LogP contribution in [0.3, 0.4) is 0 Å². The monoisotopic (exact) mass is 283 g/mol. The first-order chi connectivity index (χ1) is 10.2. The Balaban J connectivity index is 2.17. The van der Waals surface area contributed by atoms with Crippen molar-refractivity contribution in [1.82, 2.24) is 5.48 Å². The van der Waals surface area contributed by atoms with E-state index in [0.29, 0.717) is 18.0 Å². The summed E-state index contributed by atoms with van der Waals surface area (Å²) in [5, 5.41) is 0. The van der Waals surface area contributed by atoms with E-state index in [4.69, 9.17) is 4.84 Å². The summed E-state index contributed by atoms with van der Waals surface area (Å²) in [5.41, 5.74) is 4.41. The number of carbonyl (C=O) groups excluding carboxylic acids is 1. The maximum atomic E-state index is 12.7. The second kappa shape index (κ2) is 7.72. The molecule has 0 fully saturated rings. The second-order valence-electron chi connectivity index (χ2n) is 5.38. The van der Waals surface area contributed by atoms with Crippen LogP contribution in [0.5, 0.6) is 0 Å². The first kappa shape index (κ1) is 15.4. The minimum Gasteiger partial charge on any atom is -0.291 e. The summed E-state index contributed by atoms with van der Waals surface area (Å²) in [4.78, 5) is 18.3. The highest BCUT2D eigenvalue weighted by atomic mass is 16.7. The molecule has 1 N–H and O–H groups in total. The largest absolute Gasteiger partial charge is 0.291 e. The number of hydroxylamine groups is 1. The SMILES string of the molecule is CC(C)CNOC(C(=O)c1ccccc1)c1ccccc1. The zero-order valence-electron chi connectivity index (χ0n) is 12.5. The second-order valence-corrected chi connectivity index (χ2v) is 5.38. The predicted octanol–water partition coefficient (Wildman–Crippen LogP) is 3.79. The summed E-state index contributed by atoms with van der Waals surface area (Å²) in [5.74, 6) is 0.409. The lowest BCUT2D eigenvalue weighted by molar-refractivity contribution is -0.0187. The molecule has 0 aliphatic rings. The lowest BCUT2D eigenvalue weighted by Gasteiger charge is -2.18. The van der Waals surface area contributed by atoms with Gasteiger partial charge in [0, 0.05) is 12.1 Å². The third-order valence-electron chi connectivity index (χ3n) is 3.09. The van der Waals surface area contributed by atoms with Gasteiger partial charge in [0.25, 0.3) is 0 Å². The van der Waals surface area contributed by atoms with E-state index in [-0.39, 0.29) is 5.78 Å². The van der Waals surface area contributed by atoms with Gasteiger partial charge in [0.05, 0.1) is 0 Å². The molecule has 3 nitrogen and oxygen atoms in total. The highest BCUT2D eigenvalue weighted by Crippen LogP contribution is 2.21. The quantitative estimate of drug-likeness (QED) is 0.620. The Bertz CT molecular complexity index is 552. The van der Waals surface area contributed by atoms with Gasteiger partial charge in [0.1, 0.15) is 0 Å². The summed E-state index contributed by atoms with van der Waals surface area (Å²) < 4.78 is 0. The van der Waals surface area contributed by atoms with Crippen molar-refractivity contribution in [3.8, 4) is 0 Å². The Morgan fingerprint density at radius 2 is 1.57 bits per heavy atom. The third-order valence-corrected chi connectivity index (χ3v) is 3.09. The van der Waals surface area contributed by atoms with E-state index in [9.17, 15) is 4.79 Å². The van der Waals surface area contributed by atoms with E-state index in [0.717, 1.165) is 5.56 Å². The minimum absolute atomic E-state index is 0.0435. The van der Waals surface area contributed by atoms with Crippen molar-refractivity contribution < 1.29 is 9.63 Å². The smallest absolute Gasteiger partial charge is 0.198 e. The van der Waals surface area contributed by atoms with Crippen LogP contribution in [0.25, 0.3) is 0 Å². The van der Waals surface area contributed by atoms with E-state index in [1.54, 1.807) is 0 Å². The summed E-state index contributed by atoms with van der Waals surface area (Å²) >= 11 is 0. The van der Waals surface area contributed by atoms with Gasteiger partial charge in [0.15, 0.2) is 11.9 Å². The van der Waals surface area contributed by atoms with Crippen LogP contribution >= 0.6 is 0 Å². The van der Waals surface area contributed by atoms with E-state index in [1.165, 1.54) is 0 Å². The van der Waals surface area contributed by atoms with Crippen molar-refractivity contribution in [2.45, 2.75) is 20.0 Å². The molecule has 110 valence electrons. The Labute approximate surface area is 125 Å². The van der Waals surface area contributed by atoms with Crippen LogP contribution in [0.15, 0.2) is 60.7 Å². The maximum Gasteiger partial charge on any atom is 0.198 e. The topological polar surface area (TPSA) is 38.3 Å². The van der Waals surface area contributed by atoms with Crippen LogP contribution in [0.2, 0.25) is 0 Å². The number of carbonyl (C=O) groups is 1. The average molecular weight is 283 g/mol. The zero-order valence-corrected chi connectivity index (χ0v) is 12.5. The molecule has 0 heterocycles.